The van der Waals surface area contributed by atoms with Crippen LogP contribution in [-0.4, -0.2) is 27.5 Å². The van der Waals surface area contributed by atoms with Gasteiger partial charge in [0, 0.05) is 12.6 Å². The second-order valence-electron chi connectivity index (χ2n) is 5.39. The van der Waals surface area contributed by atoms with Crippen molar-refractivity contribution in [3.8, 4) is 0 Å². The second kappa shape index (κ2) is 6.03. The molecule has 0 spiro atoms. The van der Waals surface area contributed by atoms with Gasteiger partial charge in [0.25, 0.3) is 0 Å². The zero-order chi connectivity index (χ0) is 13.9. The van der Waals surface area contributed by atoms with Crippen molar-refractivity contribution in [2.45, 2.75) is 43.5 Å². The highest BCUT2D eigenvalue weighted by atomic mass is 32.2. The fraction of sp³-hybridized carbons (Fsp3) is 0.571. The van der Waals surface area contributed by atoms with E-state index in [1.54, 1.807) is 12.1 Å². The van der Waals surface area contributed by atoms with Crippen LogP contribution in [-0.2, 0) is 10.0 Å². The van der Waals surface area contributed by atoms with Gasteiger partial charge in [-0.15, -0.1) is 0 Å². The third-order valence-corrected chi connectivity index (χ3v) is 5.01. The maximum atomic E-state index is 12.2. The Morgan fingerprint density at radius 1 is 1.26 bits per heavy atom. The molecule has 1 fully saturated rings. The zero-order valence-corrected chi connectivity index (χ0v) is 12.3. The molecule has 5 heteroatoms. The largest absolute Gasteiger partial charge is 0.315 e. The standard InChI is InChI=1S/C14H22N2O2S/c1-11(2)12-5-7-14(8-6-12)19(17,18)16-13-4-3-9-15-10-13/h5-8,11,13,15-16H,3-4,9-10H2,1-2H3. The molecule has 0 aromatic heterocycles. The quantitative estimate of drug-likeness (QED) is 0.886. The van der Waals surface area contributed by atoms with Crippen LogP contribution in [0.4, 0.5) is 0 Å². The lowest BCUT2D eigenvalue weighted by molar-refractivity contribution is 0.428. The Balaban J connectivity index is 2.10. The molecule has 2 N–H and O–H groups in total. The lowest BCUT2D eigenvalue weighted by atomic mass is 10.0. The predicted octanol–water partition coefficient (Wildman–Crippen LogP) is 1.84. The number of piperidine rings is 1. The monoisotopic (exact) mass is 282 g/mol. The summed E-state index contributed by atoms with van der Waals surface area (Å²) in [6, 6.07) is 7.15. The minimum absolute atomic E-state index is 0.00326. The first-order valence-corrected chi connectivity index (χ1v) is 8.30. The fourth-order valence-corrected chi connectivity index (χ4v) is 3.54. The van der Waals surface area contributed by atoms with Gasteiger partial charge in [0.05, 0.1) is 4.90 Å². The highest BCUT2D eigenvalue weighted by Crippen LogP contribution is 2.18. The van der Waals surface area contributed by atoms with E-state index in [0.29, 0.717) is 17.4 Å². The average Bonchev–Trinajstić information content (AvgIpc) is 2.39. The number of hydrogen-bond donors (Lipinski definition) is 2. The highest BCUT2D eigenvalue weighted by Gasteiger charge is 2.21. The number of rotatable bonds is 4. The maximum Gasteiger partial charge on any atom is 0.240 e. The summed E-state index contributed by atoms with van der Waals surface area (Å²) in [5, 5.41) is 3.21. The molecule has 2 rings (SSSR count). The van der Waals surface area contributed by atoms with E-state index in [4.69, 9.17) is 0 Å². The van der Waals surface area contributed by atoms with Crippen molar-refractivity contribution < 1.29 is 8.42 Å². The molecule has 1 aliphatic heterocycles. The Hall–Kier alpha value is -0.910. The van der Waals surface area contributed by atoms with Gasteiger partial charge in [0.1, 0.15) is 0 Å². The van der Waals surface area contributed by atoms with Crippen molar-refractivity contribution in [1.82, 2.24) is 10.0 Å². The third-order valence-electron chi connectivity index (χ3n) is 3.48. The topological polar surface area (TPSA) is 58.2 Å². The third kappa shape index (κ3) is 3.78. The van der Waals surface area contributed by atoms with Crippen molar-refractivity contribution >= 4 is 10.0 Å². The molecule has 0 radical (unpaired) electrons. The molecule has 1 saturated heterocycles. The molecular weight excluding hydrogens is 260 g/mol. The van der Waals surface area contributed by atoms with Gasteiger partial charge in [-0.25, -0.2) is 13.1 Å². The van der Waals surface area contributed by atoms with Crippen LogP contribution in [0.15, 0.2) is 29.2 Å². The normalized spacial score (nSPS) is 20.7. The molecule has 1 heterocycles. The van der Waals surface area contributed by atoms with Crippen LogP contribution in [0.2, 0.25) is 0 Å². The molecule has 1 aliphatic rings. The lowest BCUT2D eigenvalue weighted by Crippen LogP contribution is -2.45. The molecule has 1 aromatic rings. The van der Waals surface area contributed by atoms with Crippen LogP contribution < -0.4 is 10.0 Å². The summed E-state index contributed by atoms with van der Waals surface area (Å²) in [4.78, 5) is 0.350. The summed E-state index contributed by atoms with van der Waals surface area (Å²) in [7, 11) is -3.39. The number of nitrogens with one attached hydrogen (secondary N) is 2. The van der Waals surface area contributed by atoms with E-state index in [2.05, 4.69) is 23.9 Å². The SMILES string of the molecule is CC(C)c1ccc(S(=O)(=O)NC2CCCNC2)cc1. The van der Waals surface area contributed by atoms with E-state index >= 15 is 0 Å². The van der Waals surface area contributed by atoms with Crippen molar-refractivity contribution in [2.75, 3.05) is 13.1 Å². The minimum Gasteiger partial charge on any atom is -0.315 e. The Labute approximate surface area is 115 Å². The Morgan fingerprint density at radius 2 is 1.95 bits per heavy atom. The van der Waals surface area contributed by atoms with Crippen LogP contribution in [0.3, 0.4) is 0 Å². The Morgan fingerprint density at radius 3 is 2.47 bits per heavy atom. The van der Waals surface area contributed by atoms with Gasteiger partial charge < -0.3 is 5.32 Å². The van der Waals surface area contributed by atoms with Gasteiger partial charge in [0.15, 0.2) is 0 Å². The summed E-state index contributed by atoms with van der Waals surface area (Å²) in [5.74, 6) is 0.409. The van der Waals surface area contributed by atoms with Crippen molar-refractivity contribution in [1.29, 1.82) is 0 Å². The van der Waals surface area contributed by atoms with Gasteiger partial charge >= 0.3 is 0 Å². The first-order valence-electron chi connectivity index (χ1n) is 6.82. The summed E-state index contributed by atoms with van der Waals surface area (Å²) >= 11 is 0. The summed E-state index contributed by atoms with van der Waals surface area (Å²) in [5.41, 5.74) is 1.15. The van der Waals surface area contributed by atoms with Gasteiger partial charge in [-0.05, 0) is 43.0 Å². The molecular formula is C14H22N2O2S. The van der Waals surface area contributed by atoms with E-state index in [1.807, 2.05) is 12.1 Å². The smallest absolute Gasteiger partial charge is 0.240 e. The zero-order valence-electron chi connectivity index (χ0n) is 11.5. The van der Waals surface area contributed by atoms with E-state index in [9.17, 15) is 8.42 Å². The van der Waals surface area contributed by atoms with Crippen LogP contribution in [0.1, 0.15) is 38.2 Å². The van der Waals surface area contributed by atoms with E-state index in [-0.39, 0.29) is 6.04 Å². The molecule has 4 nitrogen and oxygen atoms in total. The van der Waals surface area contributed by atoms with Gasteiger partial charge in [-0.1, -0.05) is 26.0 Å². The molecule has 19 heavy (non-hydrogen) atoms. The van der Waals surface area contributed by atoms with Crippen molar-refractivity contribution in [3.63, 3.8) is 0 Å². The Kier molecular flexibility index (Phi) is 4.60. The van der Waals surface area contributed by atoms with E-state index < -0.39 is 10.0 Å². The second-order valence-corrected chi connectivity index (χ2v) is 7.10. The molecule has 106 valence electrons. The minimum atomic E-state index is -3.39. The lowest BCUT2D eigenvalue weighted by Gasteiger charge is -2.23. The molecule has 0 bridgehead atoms. The van der Waals surface area contributed by atoms with Crippen molar-refractivity contribution in [3.05, 3.63) is 29.8 Å². The molecule has 0 saturated carbocycles. The van der Waals surface area contributed by atoms with E-state index in [0.717, 1.165) is 24.9 Å². The van der Waals surface area contributed by atoms with Gasteiger partial charge in [0.2, 0.25) is 10.0 Å². The van der Waals surface area contributed by atoms with Gasteiger partial charge in [-0.2, -0.15) is 0 Å². The highest BCUT2D eigenvalue weighted by molar-refractivity contribution is 7.89. The molecule has 0 amide bonds. The number of sulfonamides is 1. The van der Waals surface area contributed by atoms with Crippen LogP contribution in [0.5, 0.6) is 0 Å². The number of benzene rings is 1. The molecule has 1 aromatic carbocycles. The average molecular weight is 282 g/mol. The first-order chi connectivity index (χ1) is 8.99. The number of hydrogen-bond acceptors (Lipinski definition) is 3. The van der Waals surface area contributed by atoms with Crippen LogP contribution in [0.25, 0.3) is 0 Å². The predicted molar refractivity (Wildman–Crippen MR) is 76.7 cm³/mol. The summed E-state index contributed by atoms with van der Waals surface area (Å²) < 4.78 is 27.3. The summed E-state index contributed by atoms with van der Waals surface area (Å²) in [6.45, 7) is 5.87. The van der Waals surface area contributed by atoms with E-state index in [1.165, 1.54) is 0 Å². The first kappa shape index (κ1) is 14.5. The summed E-state index contributed by atoms with van der Waals surface area (Å²) in [6.07, 6.45) is 1.91. The maximum absolute atomic E-state index is 12.2. The van der Waals surface area contributed by atoms with Crippen LogP contribution in [0, 0.1) is 0 Å². The van der Waals surface area contributed by atoms with Gasteiger partial charge in [-0.3, -0.25) is 0 Å². The molecule has 0 aliphatic carbocycles. The Bertz CT molecular complexity index is 503. The van der Waals surface area contributed by atoms with Crippen molar-refractivity contribution in [2.24, 2.45) is 0 Å². The molecule has 1 atom stereocenters. The fourth-order valence-electron chi connectivity index (χ4n) is 2.27. The van der Waals surface area contributed by atoms with Crippen LogP contribution >= 0.6 is 0 Å². The molecule has 1 unspecified atom stereocenters.